The molecule has 0 aromatic carbocycles. The highest BCUT2D eigenvalue weighted by molar-refractivity contribution is 5.89. The van der Waals surface area contributed by atoms with Gasteiger partial charge in [-0.3, -0.25) is 24.0 Å². The fourth-order valence-corrected chi connectivity index (χ4v) is 6.75. The Labute approximate surface area is 329 Å². The molecular formula is C40H74N4O11. The highest BCUT2D eigenvalue weighted by Gasteiger charge is 2.47. The van der Waals surface area contributed by atoms with Gasteiger partial charge in [-0.15, -0.1) is 0 Å². The van der Waals surface area contributed by atoms with Crippen LogP contribution in [0.5, 0.6) is 0 Å². The van der Waals surface area contributed by atoms with Crippen LogP contribution in [0.4, 0.5) is 0 Å². The molecule has 320 valence electrons. The summed E-state index contributed by atoms with van der Waals surface area (Å²) in [5.41, 5.74) is 11.9. The summed E-state index contributed by atoms with van der Waals surface area (Å²) in [5, 5.41) is 24.7. The van der Waals surface area contributed by atoms with Gasteiger partial charge in [-0.05, 0) is 25.7 Å². The number of nitrogens with two attached hydrogens (primary N) is 2. The van der Waals surface area contributed by atoms with Crippen molar-refractivity contribution in [3.05, 3.63) is 0 Å². The molecule has 1 aliphatic heterocycles. The molecule has 0 aromatic rings. The van der Waals surface area contributed by atoms with Crippen LogP contribution in [0.1, 0.15) is 150 Å². The van der Waals surface area contributed by atoms with Crippen LogP contribution in [-0.2, 0) is 42.9 Å². The number of nitrogens with one attached hydrogen (secondary N) is 1. The van der Waals surface area contributed by atoms with Crippen molar-refractivity contribution in [3.63, 3.8) is 0 Å². The third-order valence-electron chi connectivity index (χ3n) is 10.1. The molecule has 1 aliphatic rings. The summed E-state index contributed by atoms with van der Waals surface area (Å²) in [6.45, 7) is 7.87. The Bertz CT molecular complexity index is 1130. The zero-order valence-electron chi connectivity index (χ0n) is 34.5. The van der Waals surface area contributed by atoms with Crippen LogP contribution in [0.25, 0.3) is 0 Å². The Morgan fingerprint density at radius 1 is 0.818 bits per heavy atom. The zero-order chi connectivity index (χ0) is 41.3. The number of aliphatic hydroxyl groups excluding tert-OH is 2. The van der Waals surface area contributed by atoms with Crippen LogP contribution in [-0.4, -0.2) is 114 Å². The van der Waals surface area contributed by atoms with Crippen LogP contribution < -0.4 is 16.8 Å². The van der Waals surface area contributed by atoms with Gasteiger partial charge >= 0.3 is 11.9 Å². The van der Waals surface area contributed by atoms with E-state index in [1.165, 1.54) is 84.7 Å². The number of carbonyl (C=O) groups is 5. The lowest BCUT2D eigenvalue weighted by atomic mass is 9.96. The van der Waals surface area contributed by atoms with Crippen molar-refractivity contribution >= 4 is 29.7 Å². The summed E-state index contributed by atoms with van der Waals surface area (Å²) in [5.74, 6) is -3.39. The predicted octanol–water partition coefficient (Wildman–Crippen LogP) is 3.77. The maximum Gasteiger partial charge on any atom is 0.305 e. The molecule has 8 atom stereocenters. The maximum atomic E-state index is 13.5. The minimum atomic E-state index is -1.64. The summed E-state index contributed by atoms with van der Waals surface area (Å²) in [6.07, 6.45) is 11.5. The highest BCUT2D eigenvalue weighted by Crippen LogP contribution is 2.25. The predicted molar refractivity (Wildman–Crippen MR) is 208 cm³/mol. The first-order valence-electron chi connectivity index (χ1n) is 20.7. The summed E-state index contributed by atoms with van der Waals surface area (Å²) in [4.78, 5) is 63.8. The van der Waals surface area contributed by atoms with Crippen molar-refractivity contribution in [1.29, 1.82) is 0 Å². The molecule has 55 heavy (non-hydrogen) atoms. The lowest BCUT2D eigenvalue weighted by molar-refractivity contribution is -0.269. The molecule has 3 amide bonds. The van der Waals surface area contributed by atoms with Crippen LogP contribution in [0.3, 0.4) is 0 Å². The van der Waals surface area contributed by atoms with Gasteiger partial charge in [0.2, 0.25) is 17.7 Å². The van der Waals surface area contributed by atoms with Gasteiger partial charge in [0.1, 0.15) is 37.0 Å². The van der Waals surface area contributed by atoms with Crippen molar-refractivity contribution in [2.24, 2.45) is 17.4 Å². The van der Waals surface area contributed by atoms with Crippen molar-refractivity contribution in [2.75, 3.05) is 20.3 Å². The molecule has 0 aromatic heterocycles. The first kappa shape index (κ1) is 50.2. The molecule has 1 saturated heterocycles. The van der Waals surface area contributed by atoms with Gasteiger partial charge in [-0.1, -0.05) is 111 Å². The van der Waals surface area contributed by atoms with Crippen LogP contribution in [0, 0.1) is 5.92 Å². The smallest absolute Gasteiger partial charge is 0.305 e. The molecule has 0 aliphatic carbocycles. The van der Waals surface area contributed by atoms with E-state index >= 15 is 0 Å². The number of esters is 2. The molecule has 1 fully saturated rings. The maximum absolute atomic E-state index is 13.5. The number of hydrogen-bond donors (Lipinski definition) is 5. The monoisotopic (exact) mass is 787 g/mol. The Morgan fingerprint density at radius 2 is 1.35 bits per heavy atom. The number of carbonyl (C=O) groups excluding carboxylic acids is 5. The van der Waals surface area contributed by atoms with Gasteiger partial charge in [0, 0.05) is 26.3 Å². The number of methoxy groups -OCH3 is 1. The molecule has 0 saturated carbocycles. The van der Waals surface area contributed by atoms with Crippen LogP contribution in [0.2, 0.25) is 0 Å². The fraction of sp³-hybridized carbons (Fsp3) is 0.875. The Morgan fingerprint density at radius 3 is 1.82 bits per heavy atom. The standard InChI is InChI=1S/C40H74N4O11/c1-7-8-9-10-11-12-13-14-15-16-17-18-19-20-21-22-33(47)53-26-31-36(48)37(35(40(51)55-31)43-29(5)45)54-28(4)25-44(39(50)34(41)27(2)3)30(38(42)49)23-24-32(46)52-6/h27-28,30-31,34-37,40,48,51H,7-26,41H2,1-6H3,(H2,42,49)(H,43,45)/t28?,30-,31-,34+,35-,36-,37-,40+/m1/s1. The van der Waals surface area contributed by atoms with Gasteiger partial charge in [-0.25, -0.2) is 0 Å². The number of aliphatic hydroxyl groups is 2. The summed E-state index contributed by atoms with van der Waals surface area (Å²) < 4.78 is 21.8. The molecule has 15 heteroatoms. The largest absolute Gasteiger partial charge is 0.469 e. The van der Waals surface area contributed by atoms with Gasteiger partial charge < -0.3 is 50.8 Å². The van der Waals surface area contributed by atoms with Crippen molar-refractivity contribution in [1.82, 2.24) is 10.2 Å². The molecule has 1 heterocycles. The second-order valence-electron chi connectivity index (χ2n) is 15.4. The van der Waals surface area contributed by atoms with E-state index in [9.17, 15) is 34.2 Å². The van der Waals surface area contributed by atoms with E-state index in [4.69, 9.17) is 25.7 Å². The van der Waals surface area contributed by atoms with Gasteiger partial charge in [0.25, 0.3) is 0 Å². The Kier molecular flexibility index (Phi) is 26.0. The van der Waals surface area contributed by atoms with E-state index < -0.39 is 78.5 Å². The molecule has 7 N–H and O–H groups in total. The Hall–Kier alpha value is -2.85. The lowest BCUT2D eigenvalue weighted by Gasteiger charge is -2.44. The van der Waals surface area contributed by atoms with Gasteiger partial charge in [0.15, 0.2) is 6.29 Å². The average Bonchev–Trinajstić information content (AvgIpc) is 3.13. The van der Waals surface area contributed by atoms with Crippen LogP contribution in [0.15, 0.2) is 0 Å². The third-order valence-corrected chi connectivity index (χ3v) is 10.1. The first-order valence-corrected chi connectivity index (χ1v) is 20.7. The first-order chi connectivity index (χ1) is 26.1. The van der Waals surface area contributed by atoms with Crippen LogP contribution >= 0.6 is 0 Å². The SMILES string of the molecule is CCCCCCCCCCCCCCCCCC(=O)OC[C@H]1O[C@H](O)[C@H](NC(C)=O)[C@@H](OC(C)CN(C(=O)[C@@H](N)C(C)C)[C@H](CCC(=O)OC)C(N)=O)[C@@H]1O. The number of hydrogen-bond acceptors (Lipinski definition) is 12. The topological polar surface area (TPSA) is 230 Å². The highest BCUT2D eigenvalue weighted by atomic mass is 16.6. The molecule has 1 rings (SSSR count). The van der Waals surface area contributed by atoms with E-state index in [0.29, 0.717) is 6.42 Å². The minimum Gasteiger partial charge on any atom is -0.469 e. The van der Waals surface area contributed by atoms with Crippen molar-refractivity contribution in [2.45, 2.75) is 199 Å². The molecule has 1 unspecified atom stereocenters. The van der Waals surface area contributed by atoms with Crippen molar-refractivity contribution in [3.8, 4) is 0 Å². The molecule has 0 radical (unpaired) electrons. The molecule has 0 spiro atoms. The average molecular weight is 787 g/mol. The van der Waals surface area contributed by atoms with Gasteiger partial charge in [0.05, 0.1) is 19.3 Å². The van der Waals surface area contributed by atoms with E-state index in [2.05, 4.69) is 17.0 Å². The molecule has 15 nitrogen and oxygen atoms in total. The second-order valence-corrected chi connectivity index (χ2v) is 15.4. The zero-order valence-corrected chi connectivity index (χ0v) is 34.5. The second kappa shape index (κ2) is 28.5. The minimum absolute atomic E-state index is 0.134. The number of nitrogens with zero attached hydrogens (tertiary/aromatic N) is 1. The normalized spacial score (nSPS) is 21.4. The Balaban J connectivity index is 2.74. The fourth-order valence-electron chi connectivity index (χ4n) is 6.75. The number of rotatable bonds is 30. The summed E-state index contributed by atoms with van der Waals surface area (Å²) in [6, 6.07) is -3.49. The third kappa shape index (κ3) is 20.2. The number of ether oxygens (including phenoxy) is 4. The van der Waals surface area contributed by atoms with Crippen molar-refractivity contribution < 1.29 is 53.1 Å². The number of unbranched alkanes of at least 4 members (excludes halogenated alkanes) is 14. The number of primary amides is 1. The number of amides is 3. The summed E-state index contributed by atoms with van der Waals surface area (Å²) >= 11 is 0. The molecule has 0 bridgehead atoms. The lowest BCUT2D eigenvalue weighted by Crippen LogP contribution is -2.66. The molecular weight excluding hydrogens is 712 g/mol. The van der Waals surface area contributed by atoms with E-state index in [1.54, 1.807) is 20.8 Å². The van der Waals surface area contributed by atoms with E-state index in [1.807, 2.05) is 0 Å². The van der Waals surface area contributed by atoms with E-state index in [0.717, 1.165) is 24.2 Å². The summed E-state index contributed by atoms with van der Waals surface area (Å²) in [7, 11) is 1.20. The quantitative estimate of drug-likeness (QED) is 0.0518. The van der Waals surface area contributed by atoms with Gasteiger partial charge in [-0.2, -0.15) is 0 Å². The van der Waals surface area contributed by atoms with E-state index in [-0.39, 0.29) is 38.3 Å².